The van der Waals surface area contributed by atoms with E-state index >= 15 is 0 Å². The number of nitrogens with two attached hydrogens (primary N) is 1. The van der Waals surface area contributed by atoms with Crippen LogP contribution in [0.2, 0.25) is 0 Å². The summed E-state index contributed by atoms with van der Waals surface area (Å²) in [6, 6.07) is 4.60. The van der Waals surface area contributed by atoms with Gasteiger partial charge in [-0.05, 0) is 57.5 Å². The summed E-state index contributed by atoms with van der Waals surface area (Å²) in [5, 5.41) is 0. The third kappa shape index (κ3) is 2.36. The van der Waals surface area contributed by atoms with Gasteiger partial charge in [0.2, 0.25) is 0 Å². The molecule has 2 atom stereocenters. The van der Waals surface area contributed by atoms with Gasteiger partial charge in [-0.2, -0.15) is 0 Å². The van der Waals surface area contributed by atoms with Gasteiger partial charge >= 0.3 is 0 Å². The number of hydrogen-bond acceptors (Lipinski definition) is 4. The van der Waals surface area contributed by atoms with E-state index in [1.54, 1.807) is 6.07 Å². The number of aromatic nitrogens is 1. The highest BCUT2D eigenvalue weighted by Crippen LogP contribution is 2.37. The molecular weight excluding hydrogens is 276 g/mol. The Balaban J connectivity index is 1.57. The van der Waals surface area contributed by atoms with Gasteiger partial charge in [-0.1, -0.05) is 0 Å². The maximum atomic E-state index is 12.3. The van der Waals surface area contributed by atoms with Crippen molar-refractivity contribution in [2.75, 3.05) is 39.0 Å². The third-order valence-corrected chi connectivity index (χ3v) is 5.87. The zero-order valence-corrected chi connectivity index (χ0v) is 13.4. The van der Waals surface area contributed by atoms with E-state index in [-0.39, 0.29) is 5.56 Å². The molecule has 22 heavy (non-hydrogen) atoms. The maximum absolute atomic E-state index is 12.3. The SMILES string of the molecule is CN1CCC(N2CC3CC(C2)c2ccc(N)c(=O)n2C3)CC1. The molecule has 3 aliphatic rings. The van der Waals surface area contributed by atoms with Crippen LogP contribution < -0.4 is 11.3 Å². The van der Waals surface area contributed by atoms with Crippen LogP contribution in [0.4, 0.5) is 5.69 Å². The smallest absolute Gasteiger partial charge is 0.273 e. The van der Waals surface area contributed by atoms with Gasteiger partial charge in [0.1, 0.15) is 0 Å². The van der Waals surface area contributed by atoms with Crippen molar-refractivity contribution in [3.8, 4) is 0 Å². The summed E-state index contributed by atoms with van der Waals surface area (Å²) < 4.78 is 1.94. The zero-order valence-electron chi connectivity index (χ0n) is 13.4. The fourth-order valence-corrected chi connectivity index (χ4v) is 4.66. The Morgan fingerprint density at radius 3 is 2.68 bits per heavy atom. The maximum Gasteiger partial charge on any atom is 0.273 e. The average Bonchev–Trinajstić information content (AvgIpc) is 2.52. The van der Waals surface area contributed by atoms with Crippen molar-refractivity contribution in [3.05, 3.63) is 28.2 Å². The van der Waals surface area contributed by atoms with Crippen molar-refractivity contribution < 1.29 is 0 Å². The summed E-state index contributed by atoms with van der Waals surface area (Å²) in [5.41, 5.74) is 7.40. The fourth-order valence-electron chi connectivity index (χ4n) is 4.66. The van der Waals surface area contributed by atoms with Gasteiger partial charge in [0.05, 0.1) is 5.69 Å². The molecule has 2 saturated heterocycles. The van der Waals surface area contributed by atoms with E-state index in [0.717, 1.165) is 25.7 Å². The molecule has 3 aliphatic heterocycles. The molecule has 4 heterocycles. The Morgan fingerprint density at radius 1 is 1.14 bits per heavy atom. The highest BCUT2D eigenvalue weighted by molar-refractivity contribution is 5.37. The number of nitrogens with zero attached hydrogens (tertiary/aromatic N) is 3. The Labute approximate surface area is 131 Å². The van der Waals surface area contributed by atoms with E-state index in [1.165, 1.54) is 38.0 Å². The van der Waals surface area contributed by atoms with Crippen molar-refractivity contribution in [2.45, 2.75) is 37.8 Å². The molecule has 0 aliphatic carbocycles. The lowest BCUT2D eigenvalue weighted by molar-refractivity contribution is 0.0517. The summed E-state index contributed by atoms with van der Waals surface area (Å²) in [5.74, 6) is 1.10. The summed E-state index contributed by atoms with van der Waals surface area (Å²) >= 11 is 0. The molecule has 0 spiro atoms. The number of likely N-dealkylation sites (tertiary alicyclic amines) is 2. The van der Waals surface area contributed by atoms with Crippen LogP contribution in [0.15, 0.2) is 16.9 Å². The van der Waals surface area contributed by atoms with Crippen molar-refractivity contribution in [3.63, 3.8) is 0 Å². The minimum Gasteiger partial charge on any atom is -0.394 e. The monoisotopic (exact) mass is 302 g/mol. The molecule has 1 aromatic heterocycles. The molecule has 0 saturated carbocycles. The molecule has 0 amide bonds. The third-order valence-electron chi connectivity index (χ3n) is 5.87. The normalized spacial score (nSPS) is 30.2. The van der Waals surface area contributed by atoms with Crippen LogP contribution in [0.25, 0.3) is 0 Å². The van der Waals surface area contributed by atoms with Crippen molar-refractivity contribution >= 4 is 5.69 Å². The second kappa shape index (κ2) is 5.39. The summed E-state index contributed by atoms with van der Waals surface area (Å²) in [4.78, 5) is 17.4. The molecule has 0 aromatic carbocycles. The number of nitrogen functional groups attached to an aromatic ring is 1. The Hall–Kier alpha value is -1.33. The van der Waals surface area contributed by atoms with E-state index in [2.05, 4.69) is 22.9 Å². The van der Waals surface area contributed by atoms with Crippen LogP contribution >= 0.6 is 0 Å². The first kappa shape index (κ1) is 14.3. The predicted octanol–water partition coefficient (Wildman–Crippen LogP) is 0.944. The molecule has 5 nitrogen and oxygen atoms in total. The first-order chi connectivity index (χ1) is 10.6. The predicted molar refractivity (Wildman–Crippen MR) is 88.1 cm³/mol. The van der Waals surface area contributed by atoms with Crippen LogP contribution in [0.1, 0.15) is 30.9 Å². The molecule has 120 valence electrons. The standard InChI is InChI=1S/C17H26N4O/c1-19-6-4-14(5-7-19)20-9-12-8-13(11-20)16-3-2-15(18)17(22)21(16)10-12/h2-3,12-14H,4-11,18H2,1H3. The summed E-state index contributed by atoms with van der Waals surface area (Å²) in [6.07, 6.45) is 3.79. The van der Waals surface area contributed by atoms with Crippen LogP contribution in [0.3, 0.4) is 0 Å². The molecule has 2 unspecified atom stereocenters. The first-order valence-electron chi connectivity index (χ1n) is 8.53. The van der Waals surface area contributed by atoms with Crippen LogP contribution in [0.5, 0.6) is 0 Å². The number of hydrogen-bond donors (Lipinski definition) is 1. The fraction of sp³-hybridized carbons (Fsp3) is 0.706. The van der Waals surface area contributed by atoms with E-state index in [4.69, 9.17) is 5.73 Å². The van der Waals surface area contributed by atoms with E-state index in [0.29, 0.717) is 17.5 Å². The molecule has 1 aromatic rings. The molecule has 5 heteroatoms. The first-order valence-corrected chi connectivity index (χ1v) is 8.53. The second-order valence-electron chi connectivity index (χ2n) is 7.42. The topological polar surface area (TPSA) is 54.5 Å². The molecular formula is C17H26N4O. The minimum atomic E-state index is 0.0138. The Kier molecular flexibility index (Phi) is 3.50. The van der Waals surface area contributed by atoms with E-state index in [9.17, 15) is 4.79 Å². The zero-order chi connectivity index (χ0) is 15.3. The average molecular weight is 302 g/mol. The highest BCUT2D eigenvalue weighted by Gasteiger charge is 2.37. The number of fused-ring (bicyclic) bond motifs is 4. The van der Waals surface area contributed by atoms with Crippen LogP contribution in [0, 0.1) is 5.92 Å². The number of pyridine rings is 1. The minimum absolute atomic E-state index is 0.0138. The Morgan fingerprint density at radius 2 is 1.91 bits per heavy atom. The molecule has 2 N–H and O–H groups in total. The molecule has 2 fully saturated rings. The quantitative estimate of drug-likeness (QED) is 0.839. The van der Waals surface area contributed by atoms with E-state index < -0.39 is 0 Å². The van der Waals surface area contributed by atoms with Gasteiger partial charge < -0.3 is 15.2 Å². The van der Waals surface area contributed by atoms with Crippen LogP contribution in [-0.2, 0) is 6.54 Å². The van der Waals surface area contributed by atoms with Gasteiger partial charge in [-0.3, -0.25) is 9.69 Å². The largest absolute Gasteiger partial charge is 0.394 e. The van der Waals surface area contributed by atoms with Crippen molar-refractivity contribution in [1.29, 1.82) is 0 Å². The highest BCUT2D eigenvalue weighted by atomic mass is 16.1. The molecule has 0 radical (unpaired) electrons. The second-order valence-corrected chi connectivity index (χ2v) is 7.42. The Bertz CT molecular complexity index is 618. The van der Waals surface area contributed by atoms with Gasteiger partial charge in [-0.25, -0.2) is 0 Å². The lowest BCUT2D eigenvalue weighted by atomic mass is 9.82. The number of piperidine rings is 2. The lowest BCUT2D eigenvalue weighted by Gasteiger charge is -2.47. The molecule has 2 bridgehead atoms. The molecule has 4 rings (SSSR count). The van der Waals surface area contributed by atoms with Gasteiger partial charge in [0.25, 0.3) is 5.56 Å². The lowest BCUT2D eigenvalue weighted by Crippen LogP contribution is -2.53. The van der Waals surface area contributed by atoms with Gasteiger partial charge in [0, 0.05) is 37.3 Å². The number of anilines is 1. The van der Waals surface area contributed by atoms with Crippen molar-refractivity contribution in [1.82, 2.24) is 14.4 Å². The summed E-state index contributed by atoms with van der Waals surface area (Å²) in [6.45, 7) is 5.52. The van der Waals surface area contributed by atoms with Crippen molar-refractivity contribution in [2.24, 2.45) is 5.92 Å². The van der Waals surface area contributed by atoms with E-state index in [1.807, 2.05) is 4.57 Å². The summed E-state index contributed by atoms with van der Waals surface area (Å²) in [7, 11) is 2.22. The van der Waals surface area contributed by atoms with Gasteiger partial charge in [0.15, 0.2) is 0 Å². The van der Waals surface area contributed by atoms with Crippen LogP contribution in [-0.4, -0.2) is 53.6 Å². The number of rotatable bonds is 1. The van der Waals surface area contributed by atoms with Gasteiger partial charge in [-0.15, -0.1) is 0 Å².